The van der Waals surface area contributed by atoms with E-state index in [4.69, 9.17) is 5.11 Å². The third-order valence-electron chi connectivity index (χ3n) is 0.232. The van der Waals surface area contributed by atoms with Gasteiger partial charge in [0.05, 0.1) is 6.26 Å². The van der Waals surface area contributed by atoms with Gasteiger partial charge in [0.25, 0.3) is 6.43 Å². The van der Waals surface area contributed by atoms with Gasteiger partial charge in [0.1, 0.15) is 0 Å². The summed E-state index contributed by atoms with van der Waals surface area (Å²) >= 11 is 0. The second-order valence-corrected chi connectivity index (χ2v) is 0.676. The summed E-state index contributed by atoms with van der Waals surface area (Å²) in [5.74, 6) is 0. The van der Waals surface area contributed by atoms with Crippen molar-refractivity contribution >= 4 is 0 Å². The fraction of sp³-hybridized carbons (Fsp3) is 0.333. The third-order valence-corrected chi connectivity index (χ3v) is 0.232. The molecule has 0 saturated carbocycles. The summed E-state index contributed by atoms with van der Waals surface area (Å²) in [6.07, 6.45) is -1.82. The number of rotatable bonds is 1. The van der Waals surface area contributed by atoms with Crippen molar-refractivity contribution in [3.63, 3.8) is 0 Å². The highest BCUT2D eigenvalue weighted by Crippen LogP contribution is 1.90. The van der Waals surface area contributed by atoms with Gasteiger partial charge in [-0.2, -0.15) is 0 Å². The predicted octanol–water partition coefficient (Wildman–Crippen LogP) is 1.32. The number of halogens is 2. The van der Waals surface area contributed by atoms with Crippen LogP contribution in [0.4, 0.5) is 8.78 Å². The Morgan fingerprint density at radius 1 is 1.50 bits per heavy atom. The minimum absolute atomic E-state index is 0.324. The fourth-order valence-corrected chi connectivity index (χ4v) is 0.0651. The minimum atomic E-state index is -2.53. The Balaban J connectivity index is 3.03. The molecule has 36 valence electrons. The van der Waals surface area contributed by atoms with Gasteiger partial charge in [-0.15, -0.1) is 0 Å². The highest BCUT2D eigenvalue weighted by Gasteiger charge is 1.88. The molecule has 0 saturated heterocycles. The summed E-state index contributed by atoms with van der Waals surface area (Å²) in [6.45, 7) is 0. The molecule has 0 fully saturated rings. The van der Waals surface area contributed by atoms with Gasteiger partial charge < -0.3 is 5.11 Å². The molecule has 0 unspecified atom stereocenters. The van der Waals surface area contributed by atoms with E-state index in [9.17, 15) is 8.78 Å². The topological polar surface area (TPSA) is 20.2 Å². The Kier molecular flexibility index (Phi) is 2.36. The van der Waals surface area contributed by atoms with Gasteiger partial charge in [0, 0.05) is 6.08 Å². The first-order chi connectivity index (χ1) is 2.77. The number of aliphatic hydroxyl groups is 1. The molecule has 0 aliphatic rings. The summed E-state index contributed by atoms with van der Waals surface area (Å²) in [6, 6.07) is 0. The summed E-state index contributed by atoms with van der Waals surface area (Å²) in [5.41, 5.74) is 0. The molecule has 0 spiro atoms. The monoisotopic (exact) mass is 94.0 g/mol. The first-order valence-corrected chi connectivity index (χ1v) is 1.36. The van der Waals surface area contributed by atoms with E-state index in [1.54, 1.807) is 0 Å². The predicted molar refractivity (Wildman–Crippen MR) is 17.8 cm³/mol. The van der Waals surface area contributed by atoms with E-state index in [0.717, 1.165) is 0 Å². The van der Waals surface area contributed by atoms with E-state index in [0.29, 0.717) is 12.3 Å². The maximum atomic E-state index is 10.8. The van der Waals surface area contributed by atoms with E-state index >= 15 is 0 Å². The van der Waals surface area contributed by atoms with Crippen molar-refractivity contribution in [2.24, 2.45) is 0 Å². The van der Waals surface area contributed by atoms with Crippen LogP contribution in [0.25, 0.3) is 0 Å². The van der Waals surface area contributed by atoms with E-state index in [2.05, 4.69) is 0 Å². The minimum Gasteiger partial charge on any atom is -0.516 e. The van der Waals surface area contributed by atoms with E-state index in [1.165, 1.54) is 0 Å². The maximum Gasteiger partial charge on any atom is 0.260 e. The molecule has 6 heavy (non-hydrogen) atoms. The van der Waals surface area contributed by atoms with Crippen LogP contribution in [-0.2, 0) is 0 Å². The molecule has 1 nitrogen and oxygen atoms in total. The molecule has 0 aromatic heterocycles. The van der Waals surface area contributed by atoms with Crippen LogP contribution in [0.1, 0.15) is 0 Å². The molecule has 0 aliphatic heterocycles. The lowest BCUT2D eigenvalue weighted by atomic mass is 10.7. The average Bonchev–Trinajstić information content (AvgIpc) is 1.35. The lowest BCUT2D eigenvalue weighted by molar-refractivity contribution is 0.200. The molecule has 3 heteroatoms. The van der Waals surface area contributed by atoms with Gasteiger partial charge in [-0.05, 0) is 0 Å². The zero-order chi connectivity index (χ0) is 4.99. The standard InChI is InChI=1S/C3H4F2O/c4-3(5)1-2-6/h1-3,6H/b2-1+. The fourth-order valence-electron chi connectivity index (χ4n) is 0.0651. The normalized spacial score (nSPS) is 11.2. The first-order valence-electron chi connectivity index (χ1n) is 1.36. The molecule has 0 atom stereocenters. The Bertz CT molecular complexity index is 50.8. The number of allylic oxidation sites excluding steroid dienone is 1. The van der Waals surface area contributed by atoms with Crippen LogP contribution >= 0.6 is 0 Å². The smallest absolute Gasteiger partial charge is 0.260 e. The van der Waals surface area contributed by atoms with Crippen molar-refractivity contribution in [1.82, 2.24) is 0 Å². The van der Waals surface area contributed by atoms with Gasteiger partial charge in [-0.25, -0.2) is 8.78 Å². The molecule has 0 rings (SSSR count). The highest BCUT2D eigenvalue weighted by molar-refractivity contribution is 4.73. The Labute approximate surface area is 33.9 Å². The third kappa shape index (κ3) is 3.40. The van der Waals surface area contributed by atoms with Gasteiger partial charge >= 0.3 is 0 Å². The average molecular weight is 94.1 g/mol. The molecule has 0 aliphatic carbocycles. The first kappa shape index (κ1) is 5.40. The van der Waals surface area contributed by atoms with Crippen LogP contribution < -0.4 is 0 Å². The maximum absolute atomic E-state index is 10.8. The number of alkyl halides is 2. The van der Waals surface area contributed by atoms with Crippen molar-refractivity contribution in [3.05, 3.63) is 12.3 Å². The van der Waals surface area contributed by atoms with E-state index < -0.39 is 6.43 Å². The van der Waals surface area contributed by atoms with Crippen LogP contribution in [0.2, 0.25) is 0 Å². The highest BCUT2D eigenvalue weighted by atomic mass is 19.3. The number of hydrogen-bond donors (Lipinski definition) is 1. The molecule has 0 amide bonds. The van der Waals surface area contributed by atoms with Crippen LogP contribution in [0, 0.1) is 0 Å². The molecule has 0 radical (unpaired) electrons. The largest absolute Gasteiger partial charge is 0.516 e. The molecular weight excluding hydrogens is 90.0 g/mol. The summed E-state index contributed by atoms with van der Waals surface area (Å²) < 4.78 is 21.6. The summed E-state index contributed by atoms with van der Waals surface area (Å²) in [4.78, 5) is 0. The summed E-state index contributed by atoms with van der Waals surface area (Å²) in [5, 5.41) is 7.58. The van der Waals surface area contributed by atoms with E-state index in [1.807, 2.05) is 0 Å². The van der Waals surface area contributed by atoms with Crippen molar-refractivity contribution in [2.75, 3.05) is 0 Å². The number of aliphatic hydroxyl groups excluding tert-OH is 1. The van der Waals surface area contributed by atoms with Gasteiger partial charge in [-0.1, -0.05) is 0 Å². The van der Waals surface area contributed by atoms with Gasteiger partial charge in [0.2, 0.25) is 0 Å². The lowest BCUT2D eigenvalue weighted by Crippen LogP contribution is -1.77. The lowest BCUT2D eigenvalue weighted by Gasteiger charge is -1.77. The zero-order valence-corrected chi connectivity index (χ0v) is 2.94. The second kappa shape index (κ2) is 2.63. The summed E-state index contributed by atoms with van der Waals surface area (Å²) in [7, 11) is 0. The van der Waals surface area contributed by atoms with Gasteiger partial charge in [0.15, 0.2) is 0 Å². The SMILES string of the molecule is O/C=C/C(F)F. The Morgan fingerprint density at radius 3 is 2.00 bits per heavy atom. The molecule has 0 aromatic rings. The van der Waals surface area contributed by atoms with Crippen LogP contribution in [0.5, 0.6) is 0 Å². The molecule has 1 N–H and O–H groups in total. The molecule has 0 bridgehead atoms. The second-order valence-electron chi connectivity index (χ2n) is 0.676. The Hall–Kier alpha value is -0.600. The van der Waals surface area contributed by atoms with Crippen LogP contribution in [0.15, 0.2) is 12.3 Å². The molecular formula is C3H4F2O. The van der Waals surface area contributed by atoms with E-state index in [-0.39, 0.29) is 0 Å². The quantitative estimate of drug-likeness (QED) is 0.486. The van der Waals surface area contributed by atoms with Crippen LogP contribution in [-0.4, -0.2) is 11.5 Å². The van der Waals surface area contributed by atoms with Crippen LogP contribution in [0.3, 0.4) is 0 Å². The molecule has 0 heterocycles. The zero-order valence-electron chi connectivity index (χ0n) is 2.94. The molecule has 0 aromatic carbocycles. The van der Waals surface area contributed by atoms with Crippen molar-refractivity contribution < 1.29 is 13.9 Å². The van der Waals surface area contributed by atoms with Crippen molar-refractivity contribution in [3.8, 4) is 0 Å². The number of hydrogen-bond acceptors (Lipinski definition) is 1. The van der Waals surface area contributed by atoms with Gasteiger partial charge in [-0.3, -0.25) is 0 Å². The van der Waals surface area contributed by atoms with Crippen molar-refractivity contribution in [2.45, 2.75) is 6.43 Å². The van der Waals surface area contributed by atoms with Crippen molar-refractivity contribution in [1.29, 1.82) is 0 Å². The Morgan fingerprint density at radius 2 is 2.00 bits per heavy atom.